The smallest absolute Gasteiger partial charge is 0.120 e. The first-order chi connectivity index (χ1) is 4.74. The predicted octanol–water partition coefficient (Wildman–Crippen LogP) is 2.51. The van der Waals surface area contributed by atoms with Gasteiger partial charge in [0, 0.05) is 14.7 Å². The minimum Gasteiger partial charge on any atom is -0.385 e. The lowest BCUT2D eigenvalue weighted by molar-refractivity contribution is 0.145. The maximum absolute atomic E-state index is 11.8. The fourth-order valence-corrected chi connectivity index (χ4v) is 1.99. The van der Waals surface area contributed by atoms with E-state index < -0.39 is 12.8 Å². The van der Waals surface area contributed by atoms with Crippen molar-refractivity contribution < 1.29 is 9.50 Å². The molecule has 10 heavy (non-hydrogen) atoms. The Hall–Kier alpha value is 0.0700. The Morgan fingerprint density at radius 1 is 1.80 bits per heavy atom. The number of thiophene rings is 1. The summed E-state index contributed by atoms with van der Waals surface area (Å²) in [5, 5.41) is 10.8. The first kappa shape index (κ1) is 8.17. The minimum atomic E-state index is -0.948. The molecule has 1 N–H and O–H groups in total. The van der Waals surface area contributed by atoms with Crippen LogP contribution in [-0.4, -0.2) is 11.8 Å². The average molecular weight is 225 g/mol. The van der Waals surface area contributed by atoms with Crippen LogP contribution in [0.15, 0.2) is 15.9 Å². The van der Waals surface area contributed by atoms with Crippen LogP contribution in [0.25, 0.3) is 0 Å². The molecule has 1 unspecified atom stereocenters. The Kier molecular flexibility index (Phi) is 2.82. The van der Waals surface area contributed by atoms with Crippen molar-refractivity contribution >= 4 is 27.3 Å². The molecule has 0 fully saturated rings. The molecule has 0 amide bonds. The molecule has 1 aromatic rings. The predicted molar refractivity (Wildman–Crippen MR) is 43.0 cm³/mol. The van der Waals surface area contributed by atoms with Crippen molar-refractivity contribution in [2.45, 2.75) is 6.10 Å². The third-order valence-corrected chi connectivity index (χ3v) is 2.86. The van der Waals surface area contributed by atoms with Crippen molar-refractivity contribution in [1.29, 1.82) is 0 Å². The normalized spacial score (nSPS) is 13.5. The fraction of sp³-hybridized carbons (Fsp3) is 0.333. The molecule has 0 aliphatic rings. The highest BCUT2D eigenvalue weighted by molar-refractivity contribution is 9.10. The highest BCUT2D eigenvalue weighted by Gasteiger charge is 2.08. The van der Waals surface area contributed by atoms with Crippen LogP contribution >= 0.6 is 27.3 Å². The Labute approximate surface area is 70.6 Å². The van der Waals surface area contributed by atoms with Crippen LogP contribution in [0, 0.1) is 0 Å². The van der Waals surface area contributed by atoms with Crippen molar-refractivity contribution in [3.63, 3.8) is 0 Å². The molecule has 4 heteroatoms. The quantitative estimate of drug-likeness (QED) is 0.819. The zero-order valence-corrected chi connectivity index (χ0v) is 7.45. The van der Waals surface area contributed by atoms with Gasteiger partial charge in [0.1, 0.15) is 12.8 Å². The molecule has 1 nitrogen and oxygen atoms in total. The number of rotatable bonds is 2. The largest absolute Gasteiger partial charge is 0.385 e. The van der Waals surface area contributed by atoms with Gasteiger partial charge in [-0.15, -0.1) is 11.3 Å². The summed E-state index contributed by atoms with van der Waals surface area (Å²) in [6.45, 7) is -0.715. The van der Waals surface area contributed by atoms with Gasteiger partial charge in [0.05, 0.1) is 0 Å². The summed E-state index contributed by atoms with van der Waals surface area (Å²) in [5.74, 6) is 0. The van der Waals surface area contributed by atoms with Crippen LogP contribution in [0.4, 0.5) is 4.39 Å². The zero-order valence-electron chi connectivity index (χ0n) is 5.05. The first-order valence-electron chi connectivity index (χ1n) is 2.72. The summed E-state index contributed by atoms with van der Waals surface area (Å²) >= 11 is 4.55. The number of hydrogen-bond donors (Lipinski definition) is 1. The maximum Gasteiger partial charge on any atom is 0.120 e. The molecule has 1 heterocycles. The molecule has 0 bridgehead atoms. The van der Waals surface area contributed by atoms with Gasteiger partial charge in [-0.25, -0.2) is 4.39 Å². The van der Waals surface area contributed by atoms with Gasteiger partial charge in [-0.1, -0.05) is 0 Å². The molecular formula is C6H6BrFOS. The van der Waals surface area contributed by atoms with E-state index in [1.807, 2.05) is 5.38 Å². The number of alkyl halides is 1. The second-order valence-corrected chi connectivity index (χ2v) is 3.70. The van der Waals surface area contributed by atoms with E-state index in [-0.39, 0.29) is 0 Å². The van der Waals surface area contributed by atoms with Gasteiger partial charge in [-0.2, -0.15) is 0 Å². The summed E-state index contributed by atoms with van der Waals surface area (Å²) in [6, 6.07) is 1.72. The molecule has 0 saturated heterocycles. The molecule has 56 valence electrons. The van der Waals surface area contributed by atoms with Crippen molar-refractivity contribution in [1.82, 2.24) is 0 Å². The third kappa shape index (κ3) is 1.78. The van der Waals surface area contributed by atoms with Crippen LogP contribution in [0.1, 0.15) is 11.0 Å². The van der Waals surface area contributed by atoms with E-state index in [2.05, 4.69) is 15.9 Å². The van der Waals surface area contributed by atoms with Crippen LogP contribution in [-0.2, 0) is 0 Å². The van der Waals surface area contributed by atoms with Gasteiger partial charge < -0.3 is 5.11 Å². The monoisotopic (exact) mass is 224 g/mol. The second-order valence-electron chi connectivity index (χ2n) is 1.84. The van der Waals surface area contributed by atoms with Crippen molar-refractivity contribution in [3.8, 4) is 0 Å². The number of hydrogen-bond acceptors (Lipinski definition) is 2. The fourth-order valence-electron chi connectivity index (χ4n) is 0.579. The summed E-state index contributed by atoms with van der Waals surface area (Å²) in [4.78, 5) is 0.661. The second kappa shape index (κ2) is 3.46. The Morgan fingerprint density at radius 3 is 2.90 bits per heavy atom. The Balaban J connectivity index is 2.74. The molecule has 0 saturated carbocycles. The van der Waals surface area contributed by atoms with Gasteiger partial charge in [-0.3, -0.25) is 0 Å². The van der Waals surface area contributed by atoms with E-state index >= 15 is 0 Å². The van der Waals surface area contributed by atoms with Crippen LogP contribution in [0.2, 0.25) is 0 Å². The van der Waals surface area contributed by atoms with E-state index in [4.69, 9.17) is 5.11 Å². The summed E-state index contributed by atoms with van der Waals surface area (Å²) in [7, 11) is 0. The lowest BCUT2D eigenvalue weighted by atomic mass is 10.3. The van der Waals surface area contributed by atoms with Gasteiger partial charge in [0.2, 0.25) is 0 Å². The molecule has 0 aliphatic carbocycles. The maximum atomic E-state index is 11.8. The highest BCUT2D eigenvalue weighted by atomic mass is 79.9. The molecule has 0 aliphatic heterocycles. The van der Waals surface area contributed by atoms with Gasteiger partial charge >= 0.3 is 0 Å². The van der Waals surface area contributed by atoms with Crippen LogP contribution in [0.3, 0.4) is 0 Å². The molecule has 0 aromatic carbocycles. The minimum absolute atomic E-state index is 0.661. The Bertz CT molecular complexity index is 213. The molecule has 1 atom stereocenters. The Morgan fingerprint density at radius 2 is 2.50 bits per heavy atom. The molecule has 0 spiro atoms. The first-order valence-corrected chi connectivity index (χ1v) is 4.39. The number of aliphatic hydroxyl groups is 1. The van der Waals surface area contributed by atoms with Gasteiger partial charge in [-0.05, 0) is 22.0 Å². The highest BCUT2D eigenvalue weighted by Crippen LogP contribution is 2.25. The summed E-state index contributed by atoms with van der Waals surface area (Å²) in [5.41, 5.74) is 0. The third-order valence-electron chi connectivity index (χ3n) is 1.06. The molecule has 1 rings (SSSR count). The van der Waals surface area contributed by atoms with Crippen molar-refractivity contribution in [2.24, 2.45) is 0 Å². The number of halogens is 2. The van der Waals surface area contributed by atoms with Crippen molar-refractivity contribution in [3.05, 3.63) is 20.8 Å². The van der Waals surface area contributed by atoms with E-state index in [0.29, 0.717) is 4.88 Å². The van der Waals surface area contributed by atoms with Crippen LogP contribution < -0.4 is 0 Å². The zero-order chi connectivity index (χ0) is 7.56. The van der Waals surface area contributed by atoms with E-state index in [1.165, 1.54) is 11.3 Å². The summed E-state index contributed by atoms with van der Waals surface area (Å²) in [6.07, 6.45) is -0.948. The molecule has 0 radical (unpaired) electrons. The summed E-state index contributed by atoms with van der Waals surface area (Å²) < 4.78 is 12.7. The van der Waals surface area contributed by atoms with Crippen molar-refractivity contribution in [2.75, 3.05) is 6.67 Å². The molecular weight excluding hydrogens is 219 g/mol. The molecule has 1 aromatic heterocycles. The van der Waals surface area contributed by atoms with Crippen LogP contribution in [0.5, 0.6) is 0 Å². The van der Waals surface area contributed by atoms with Gasteiger partial charge in [0.25, 0.3) is 0 Å². The van der Waals surface area contributed by atoms with Gasteiger partial charge in [0.15, 0.2) is 0 Å². The topological polar surface area (TPSA) is 20.2 Å². The lowest BCUT2D eigenvalue weighted by Crippen LogP contribution is -1.94. The lowest BCUT2D eigenvalue weighted by Gasteiger charge is -1.99. The van der Waals surface area contributed by atoms with E-state index in [9.17, 15) is 4.39 Å². The van der Waals surface area contributed by atoms with E-state index in [1.54, 1.807) is 6.07 Å². The SMILES string of the molecule is OC(CF)c1cc(Br)cs1. The standard InChI is InChI=1S/C6H6BrFOS/c7-4-1-6(10-3-4)5(9)2-8/h1,3,5,9H,2H2. The average Bonchev–Trinajstić information content (AvgIpc) is 2.34. The number of aliphatic hydroxyl groups excluding tert-OH is 1. The van der Waals surface area contributed by atoms with E-state index in [0.717, 1.165) is 4.47 Å².